The van der Waals surface area contributed by atoms with E-state index in [1.165, 1.54) is 0 Å². The van der Waals surface area contributed by atoms with E-state index in [-0.39, 0.29) is 18.6 Å². The molecule has 0 saturated carbocycles. The van der Waals surface area contributed by atoms with Gasteiger partial charge in [-0.25, -0.2) is 4.79 Å². The Labute approximate surface area is 129 Å². The fraction of sp³-hybridized carbons (Fsp3) is 0.500. The molecule has 0 heterocycles. The summed E-state index contributed by atoms with van der Waals surface area (Å²) in [6.07, 6.45) is 1.98. The largest absolute Gasteiger partial charge is 0.384 e. The van der Waals surface area contributed by atoms with Crippen LogP contribution in [-0.2, 0) is 5.60 Å². The average molecular weight is 317 g/mol. The molecule has 0 aliphatic carbocycles. The number of hydrogen-bond donors (Lipinski definition) is 3. The van der Waals surface area contributed by atoms with Gasteiger partial charge >= 0.3 is 6.03 Å². The van der Waals surface area contributed by atoms with Crippen molar-refractivity contribution in [3.63, 3.8) is 0 Å². The smallest absolute Gasteiger partial charge is 0.315 e. The van der Waals surface area contributed by atoms with Gasteiger partial charge in [0.2, 0.25) is 0 Å². The van der Waals surface area contributed by atoms with Gasteiger partial charge in [-0.1, -0.05) is 29.8 Å². The molecule has 0 aromatic heterocycles. The molecule has 3 N–H and O–H groups in total. The van der Waals surface area contributed by atoms with Crippen LogP contribution in [-0.4, -0.2) is 35.7 Å². The molecule has 0 fully saturated rings. The Balaban J connectivity index is 2.55. The molecule has 0 unspecified atom stereocenters. The lowest BCUT2D eigenvalue weighted by molar-refractivity contribution is 0.0594. The number of rotatable bonds is 6. The molecule has 1 aromatic rings. The van der Waals surface area contributed by atoms with Crippen LogP contribution in [0.15, 0.2) is 24.3 Å². The fourth-order valence-corrected chi connectivity index (χ4v) is 2.73. The van der Waals surface area contributed by atoms with E-state index in [1.807, 2.05) is 13.2 Å². The molecule has 0 aliphatic rings. The number of thioether (sulfide) groups is 1. The zero-order chi connectivity index (χ0) is 15.2. The normalized spacial score (nSPS) is 15.2. The molecule has 6 heteroatoms. The Morgan fingerprint density at radius 2 is 2.15 bits per heavy atom. The summed E-state index contributed by atoms with van der Waals surface area (Å²) in [7, 11) is 0. The highest BCUT2D eigenvalue weighted by Gasteiger charge is 2.26. The predicted octanol–water partition coefficient (Wildman–Crippen LogP) is 2.60. The SMILES string of the molecule is CSC[C@@H](C)NC(=O)NC[C@@](C)(O)c1ccccc1Cl. The first-order valence-electron chi connectivity index (χ1n) is 6.37. The van der Waals surface area contributed by atoms with Crippen molar-refractivity contribution in [3.8, 4) is 0 Å². The third kappa shape index (κ3) is 5.23. The van der Waals surface area contributed by atoms with E-state index >= 15 is 0 Å². The molecular formula is C14H21ClN2O2S. The molecule has 4 nitrogen and oxygen atoms in total. The van der Waals surface area contributed by atoms with Gasteiger partial charge in [-0.05, 0) is 26.2 Å². The standard InChI is InChI=1S/C14H21ClN2O2S/c1-10(8-20-3)17-13(18)16-9-14(2,19)11-6-4-5-7-12(11)15/h4-7,10,19H,8-9H2,1-3H3,(H2,16,17,18)/t10-,14-/m1/s1. The van der Waals surface area contributed by atoms with Gasteiger partial charge in [0.1, 0.15) is 5.60 Å². The second-order valence-electron chi connectivity index (χ2n) is 4.94. The number of benzene rings is 1. The van der Waals surface area contributed by atoms with Gasteiger partial charge in [0.05, 0.1) is 6.54 Å². The molecule has 2 atom stereocenters. The molecule has 1 aromatic carbocycles. The molecule has 20 heavy (non-hydrogen) atoms. The fourth-order valence-electron chi connectivity index (χ4n) is 1.81. The molecule has 0 bridgehead atoms. The highest BCUT2D eigenvalue weighted by atomic mass is 35.5. The van der Waals surface area contributed by atoms with Crippen molar-refractivity contribution < 1.29 is 9.90 Å². The Morgan fingerprint density at radius 1 is 1.50 bits per heavy atom. The van der Waals surface area contributed by atoms with Gasteiger partial charge in [-0.15, -0.1) is 0 Å². The third-order valence-corrected chi connectivity index (χ3v) is 4.00. The number of hydrogen-bond acceptors (Lipinski definition) is 3. The molecular weight excluding hydrogens is 296 g/mol. The number of aliphatic hydroxyl groups is 1. The van der Waals surface area contributed by atoms with Crippen molar-refractivity contribution in [3.05, 3.63) is 34.9 Å². The average Bonchev–Trinajstić information content (AvgIpc) is 2.37. The Kier molecular flexibility index (Phi) is 6.65. The molecule has 0 radical (unpaired) electrons. The highest BCUT2D eigenvalue weighted by Crippen LogP contribution is 2.27. The topological polar surface area (TPSA) is 61.4 Å². The number of carbonyl (C=O) groups is 1. The minimum Gasteiger partial charge on any atom is -0.384 e. The first kappa shape index (κ1) is 17.1. The maximum atomic E-state index is 11.7. The van der Waals surface area contributed by atoms with Crippen molar-refractivity contribution in [1.29, 1.82) is 0 Å². The summed E-state index contributed by atoms with van der Waals surface area (Å²) in [5.74, 6) is 0.842. The predicted molar refractivity (Wildman–Crippen MR) is 85.4 cm³/mol. The first-order valence-corrected chi connectivity index (χ1v) is 8.14. The Bertz CT molecular complexity index is 455. The van der Waals surface area contributed by atoms with E-state index < -0.39 is 5.60 Å². The summed E-state index contributed by atoms with van der Waals surface area (Å²) in [5.41, 5.74) is -0.613. The van der Waals surface area contributed by atoms with Crippen LogP contribution in [0, 0.1) is 0 Å². The summed E-state index contributed by atoms with van der Waals surface area (Å²) < 4.78 is 0. The van der Waals surface area contributed by atoms with Crippen LogP contribution in [0.25, 0.3) is 0 Å². The van der Waals surface area contributed by atoms with E-state index in [2.05, 4.69) is 10.6 Å². The van der Waals surface area contributed by atoms with E-state index in [9.17, 15) is 9.90 Å². The number of halogens is 1. The van der Waals surface area contributed by atoms with Gasteiger partial charge in [-0.2, -0.15) is 11.8 Å². The summed E-state index contributed by atoms with van der Waals surface area (Å²) in [6.45, 7) is 3.65. The lowest BCUT2D eigenvalue weighted by atomic mass is 9.96. The monoisotopic (exact) mass is 316 g/mol. The van der Waals surface area contributed by atoms with Crippen LogP contribution in [0.4, 0.5) is 4.79 Å². The highest BCUT2D eigenvalue weighted by molar-refractivity contribution is 7.98. The van der Waals surface area contributed by atoms with Gasteiger partial charge in [0, 0.05) is 22.4 Å². The second kappa shape index (κ2) is 7.76. The van der Waals surface area contributed by atoms with Crippen molar-refractivity contribution in [2.45, 2.75) is 25.5 Å². The second-order valence-corrected chi connectivity index (χ2v) is 6.25. The maximum absolute atomic E-state index is 11.7. The van der Waals surface area contributed by atoms with Gasteiger partial charge in [0.15, 0.2) is 0 Å². The number of amides is 2. The van der Waals surface area contributed by atoms with E-state index in [0.717, 1.165) is 5.75 Å². The quantitative estimate of drug-likeness (QED) is 0.756. The minimum absolute atomic E-state index is 0.0789. The summed E-state index contributed by atoms with van der Waals surface area (Å²) in [6, 6.07) is 6.85. The number of urea groups is 1. The lowest BCUT2D eigenvalue weighted by Crippen LogP contribution is -2.46. The van der Waals surface area contributed by atoms with Gasteiger partial charge in [0.25, 0.3) is 0 Å². The lowest BCUT2D eigenvalue weighted by Gasteiger charge is -2.25. The maximum Gasteiger partial charge on any atom is 0.315 e. The molecule has 0 spiro atoms. The zero-order valence-corrected chi connectivity index (χ0v) is 13.5. The first-order chi connectivity index (χ1) is 9.36. The van der Waals surface area contributed by atoms with Gasteiger partial charge in [-0.3, -0.25) is 0 Å². The van der Waals surface area contributed by atoms with E-state index in [1.54, 1.807) is 43.0 Å². The van der Waals surface area contributed by atoms with Crippen LogP contribution in [0.3, 0.4) is 0 Å². The van der Waals surface area contributed by atoms with Crippen LogP contribution in [0.2, 0.25) is 5.02 Å². The van der Waals surface area contributed by atoms with Gasteiger partial charge < -0.3 is 15.7 Å². The number of carbonyl (C=O) groups excluding carboxylic acids is 1. The molecule has 0 saturated heterocycles. The van der Waals surface area contributed by atoms with Crippen molar-refractivity contribution in [2.75, 3.05) is 18.6 Å². The summed E-state index contributed by atoms with van der Waals surface area (Å²) in [4.78, 5) is 11.7. The zero-order valence-electron chi connectivity index (χ0n) is 11.9. The van der Waals surface area contributed by atoms with Crippen LogP contribution >= 0.6 is 23.4 Å². The third-order valence-electron chi connectivity index (χ3n) is 2.84. The van der Waals surface area contributed by atoms with Crippen molar-refractivity contribution in [1.82, 2.24) is 10.6 Å². The Hall–Kier alpha value is -0.910. The van der Waals surface area contributed by atoms with E-state index in [0.29, 0.717) is 10.6 Å². The molecule has 112 valence electrons. The molecule has 2 amide bonds. The summed E-state index contributed by atoms with van der Waals surface area (Å²) >= 11 is 7.72. The number of nitrogens with one attached hydrogen (secondary N) is 2. The van der Waals surface area contributed by atoms with E-state index in [4.69, 9.17) is 11.6 Å². The van der Waals surface area contributed by atoms with Crippen LogP contribution in [0.1, 0.15) is 19.4 Å². The van der Waals surface area contributed by atoms with Crippen LogP contribution < -0.4 is 10.6 Å². The van der Waals surface area contributed by atoms with Crippen LogP contribution in [0.5, 0.6) is 0 Å². The molecule has 1 rings (SSSR count). The molecule has 0 aliphatic heterocycles. The van der Waals surface area contributed by atoms with Crippen molar-refractivity contribution in [2.24, 2.45) is 0 Å². The van der Waals surface area contributed by atoms with Crippen molar-refractivity contribution >= 4 is 29.4 Å². The minimum atomic E-state index is -1.21. The Morgan fingerprint density at radius 3 is 2.75 bits per heavy atom. The summed E-state index contributed by atoms with van der Waals surface area (Å²) in [5, 5.41) is 16.4.